The molecule has 1 aliphatic carbocycles. The van der Waals surface area contributed by atoms with E-state index in [9.17, 15) is 14.4 Å². The van der Waals surface area contributed by atoms with Crippen molar-refractivity contribution >= 4 is 23.7 Å². The Kier molecular flexibility index (Phi) is 4.29. The van der Waals surface area contributed by atoms with E-state index in [1.807, 2.05) is 13.8 Å². The monoisotopic (exact) mass is 333 g/mol. The van der Waals surface area contributed by atoms with Gasteiger partial charge in [0.1, 0.15) is 17.9 Å². The van der Waals surface area contributed by atoms with Crippen molar-refractivity contribution in [2.75, 3.05) is 11.9 Å². The van der Waals surface area contributed by atoms with E-state index in [1.54, 1.807) is 16.9 Å². The number of hydrogen-bond acceptors (Lipinski definition) is 4. The van der Waals surface area contributed by atoms with Gasteiger partial charge in [0.15, 0.2) is 0 Å². The molecule has 2 heterocycles. The number of anilines is 1. The number of carbonyl (C=O) groups excluding carboxylic acids is 3. The van der Waals surface area contributed by atoms with Crippen LogP contribution in [0.2, 0.25) is 0 Å². The molecule has 8 nitrogen and oxygen atoms in total. The van der Waals surface area contributed by atoms with E-state index >= 15 is 0 Å². The normalized spacial score (nSPS) is 19.9. The van der Waals surface area contributed by atoms with Crippen LogP contribution in [0.1, 0.15) is 52.0 Å². The van der Waals surface area contributed by atoms with Crippen molar-refractivity contribution in [1.29, 1.82) is 0 Å². The van der Waals surface area contributed by atoms with Gasteiger partial charge in [-0.25, -0.2) is 9.48 Å². The van der Waals surface area contributed by atoms with Gasteiger partial charge in [0.2, 0.25) is 5.91 Å². The molecule has 0 atom stereocenters. The van der Waals surface area contributed by atoms with Gasteiger partial charge in [-0.2, -0.15) is 5.10 Å². The SMILES string of the molecule is CC(C)n1nccc1NC(=O)CN1C(=O)NC2(CCCCC2)C1=O. The zero-order valence-electron chi connectivity index (χ0n) is 14.0. The van der Waals surface area contributed by atoms with Crippen molar-refractivity contribution in [2.24, 2.45) is 0 Å². The van der Waals surface area contributed by atoms with Crippen molar-refractivity contribution in [2.45, 2.75) is 57.5 Å². The van der Waals surface area contributed by atoms with Crippen molar-refractivity contribution in [3.63, 3.8) is 0 Å². The molecule has 1 aromatic rings. The van der Waals surface area contributed by atoms with Gasteiger partial charge in [0.05, 0.1) is 6.20 Å². The Morgan fingerprint density at radius 3 is 2.71 bits per heavy atom. The van der Waals surface area contributed by atoms with Crippen LogP contribution in [-0.4, -0.2) is 44.6 Å². The highest BCUT2D eigenvalue weighted by Crippen LogP contribution is 2.33. The van der Waals surface area contributed by atoms with Gasteiger partial charge in [-0.15, -0.1) is 0 Å². The second-order valence-corrected chi connectivity index (χ2v) is 6.77. The predicted octanol–water partition coefficient (Wildman–Crippen LogP) is 1.66. The molecule has 2 N–H and O–H groups in total. The van der Waals surface area contributed by atoms with Crippen LogP contribution in [-0.2, 0) is 9.59 Å². The molecule has 2 fully saturated rings. The minimum Gasteiger partial charge on any atom is -0.323 e. The fourth-order valence-electron chi connectivity index (χ4n) is 3.46. The lowest BCUT2D eigenvalue weighted by atomic mass is 9.82. The third kappa shape index (κ3) is 2.88. The third-order valence-corrected chi connectivity index (χ3v) is 4.68. The number of amides is 4. The highest BCUT2D eigenvalue weighted by molar-refractivity contribution is 6.10. The molecule has 24 heavy (non-hydrogen) atoms. The highest BCUT2D eigenvalue weighted by atomic mass is 16.2. The largest absolute Gasteiger partial charge is 0.325 e. The van der Waals surface area contributed by atoms with Gasteiger partial charge in [0, 0.05) is 12.1 Å². The zero-order chi connectivity index (χ0) is 17.3. The van der Waals surface area contributed by atoms with Crippen molar-refractivity contribution in [1.82, 2.24) is 20.0 Å². The minimum atomic E-state index is -0.796. The molecule has 0 aromatic carbocycles. The van der Waals surface area contributed by atoms with E-state index in [0.29, 0.717) is 18.7 Å². The van der Waals surface area contributed by atoms with Gasteiger partial charge in [-0.3, -0.25) is 14.5 Å². The lowest BCUT2D eigenvalue weighted by Crippen LogP contribution is -2.48. The summed E-state index contributed by atoms with van der Waals surface area (Å²) in [5, 5.41) is 9.66. The maximum Gasteiger partial charge on any atom is 0.325 e. The van der Waals surface area contributed by atoms with Crippen LogP contribution in [0.15, 0.2) is 12.3 Å². The van der Waals surface area contributed by atoms with E-state index in [1.165, 1.54) is 0 Å². The number of hydrogen-bond donors (Lipinski definition) is 2. The van der Waals surface area contributed by atoms with Crippen LogP contribution in [0.25, 0.3) is 0 Å². The smallest absolute Gasteiger partial charge is 0.323 e. The van der Waals surface area contributed by atoms with Gasteiger partial charge in [-0.05, 0) is 26.7 Å². The summed E-state index contributed by atoms with van der Waals surface area (Å²) in [6.07, 6.45) is 5.80. The summed E-state index contributed by atoms with van der Waals surface area (Å²) >= 11 is 0. The molecule has 2 aliphatic rings. The van der Waals surface area contributed by atoms with Crippen LogP contribution < -0.4 is 10.6 Å². The van der Waals surface area contributed by atoms with Crippen molar-refractivity contribution in [3.8, 4) is 0 Å². The fraction of sp³-hybridized carbons (Fsp3) is 0.625. The van der Waals surface area contributed by atoms with Gasteiger partial charge < -0.3 is 10.6 Å². The number of aromatic nitrogens is 2. The number of urea groups is 1. The molecular formula is C16H23N5O3. The number of imide groups is 1. The molecule has 1 saturated carbocycles. The Hall–Kier alpha value is -2.38. The molecule has 1 saturated heterocycles. The summed E-state index contributed by atoms with van der Waals surface area (Å²) in [5.74, 6) is -0.136. The zero-order valence-corrected chi connectivity index (χ0v) is 14.0. The first kappa shape index (κ1) is 16.5. The van der Waals surface area contributed by atoms with Gasteiger partial charge in [-0.1, -0.05) is 19.3 Å². The first-order valence-electron chi connectivity index (χ1n) is 8.40. The molecule has 8 heteroatoms. The first-order valence-corrected chi connectivity index (χ1v) is 8.40. The van der Waals surface area contributed by atoms with Crippen molar-refractivity contribution < 1.29 is 14.4 Å². The summed E-state index contributed by atoms with van der Waals surface area (Å²) in [7, 11) is 0. The maximum atomic E-state index is 12.7. The average Bonchev–Trinajstić information content (AvgIpc) is 3.08. The second kappa shape index (κ2) is 6.26. The number of nitrogens with one attached hydrogen (secondary N) is 2. The fourth-order valence-corrected chi connectivity index (χ4v) is 3.46. The quantitative estimate of drug-likeness (QED) is 0.819. The standard InChI is InChI=1S/C16H23N5O3/c1-11(2)21-12(6-9-17-21)18-13(22)10-20-14(23)16(19-15(20)24)7-4-3-5-8-16/h6,9,11H,3-5,7-8,10H2,1-2H3,(H,18,22)(H,19,24). The summed E-state index contributed by atoms with van der Waals surface area (Å²) in [4.78, 5) is 38.1. The average molecular weight is 333 g/mol. The Bertz CT molecular complexity index is 660. The molecular weight excluding hydrogens is 310 g/mol. The first-order chi connectivity index (χ1) is 11.4. The van der Waals surface area contributed by atoms with Crippen LogP contribution in [0.3, 0.4) is 0 Å². The van der Waals surface area contributed by atoms with Crippen molar-refractivity contribution in [3.05, 3.63) is 12.3 Å². The molecule has 130 valence electrons. The number of nitrogens with zero attached hydrogens (tertiary/aromatic N) is 3. The Balaban J connectivity index is 1.67. The molecule has 1 spiro atoms. The molecule has 0 radical (unpaired) electrons. The molecule has 3 rings (SSSR count). The van der Waals surface area contributed by atoms with E-state index in [0.717, 1.165) is 24.2 Å². The van der Waals surface area contributed by atoms with Crippen LogP contribution in [0.4, 0.5) is 10.6 Å². The molecule has 1 aliphatic heterocycles. The summed E-state index contributed by atoms with van der Waals surface area (Å²) < 4.78 is 1.67. The predicted molar refractivity (Wildman–Crippen MR) is 87.3 cm³/mol. The van der Waals surface area contributed by atoms with Gasteiger partial charge in [0.25, 0.3) is 5.91 Å². The second-order valence-electron chi connectivity index (χ2n) is 6.77. The lowest BCUT2D eigenvalue weighted by Gasteiger charge is -2.30. The van der Waals surface area contributed by atoms with E-state index in [2.05, 4.69) is 15.7 Å². The third-order valence-electron chi connectivity index (χ3n) is 4.68. The minimum absolute atomic E-state index is 0.0949. The van der Waals surface area contributed by atoms with E-state index < -0.39 is 17.5 Å². The topological polar surface area (TPSA) is 96.3 Å². The van der Waals surface area contributed by atoms with Crippen LogP contribution in [0, 0.1) is 0 Å². The van der Waals surface area contributed by atoms with Gasteiger partial charge >= 0.3 is 6.03 Å². The lowest BCUT2D eigenvalue weighted by molar-refractivity contribution is -0.134. The molecule has 1 aromatic heterocycles. The number of rotatable bonds is 4. The number of carbonyl (C=O) groups is 3. The maximum absolute atomic E-state index is 12.7. The molecule has 0 bridgehead atoms. The van der Waals surface area contributed by atoms with E-state index in [4.69, 9.17) is 0 Å². The molecule has 0 unspecified atom stereocenters. The van der Waals surface area contributed by atoms with Crippen LogP contribution >= 0.6 is 0 Å². The Morgan fingerprint density at radius 2 is 2.04 bits per heavy atom. The summed E-state index contributed by atoms with van der Waals surface area (Å²) in [5.41, 5.74) is -0.796. The summed E-state index contributed by atoms with van der Waals surface area (Å²) in [6, 6.07) is 1.30. The molecule has 4 amide bonds. The van der Waals surface area contributed by atoms with E-state index in [-0.39, 0.29) is 18.5 Å². The highest BCUT2D eigenvalue weighted by Gasteiger charge is 2.51. The Morgan fingerprint density at radius 1 is 1.33 bits per heavy atom. The summed E-state index contributed by atoms with van der Waals surface area (Å²) in [6.45, 7) is 3.62. The van der Waals surface area contributed by atoms with Crippen LogP contribution in [0.5, 0.6) is 0 Å². The Labute approximate surface area is 140 Å².